The summed E-state index contributed by atoms with van der Waals surface area (Å²) in [5.41, 5.74) is 8.96. The number of nitrogen functional groups attached to an aromatic ring is 1. The van der Waals surface area contributed by atoms with E-state index < -0.39 is 0 Å². The van der Waals surface area contributed by atoms with Gasteiger partial charge < -0.3 is 10.3 Å². The van der Waals surface area contributed by atoms with Gasteiger partial charge in [-0.05, 0) is 68.6 Å². The molecule has 0 aliphatic rings. The average molecular weight is 410 g/mol. The SMILES string of the molecule is Cc1cc(-c2nc(-c3ncc(Br)cc3Br)no2)ccc1N. The Morgan fingerprint density at radius 1 is 1.19 bits per heavy atom. The molecular weight excluding hydrogens is 400 g/mol. The third-order valence-corrected chi connectivity index (χ3v) is 4.00. The molecule has 0 unspecified atom stereocenters. The van der Waals surface area contributed by atoms with Crippen LogP contribution in [0.4, 0.5) is 5.69 Å². The number of halogens is 2. The van der Waals surface area contributed by atoms with Gasteiger partial charge in [0.25, 0.3) is 5.89 Å². The van der Waals surface area contributed by atoms with Crippen molar-refractivity contribution in [3.8, 4) is 23.0 Å². The predicted molar refractivity (Wildman–Crippen MR) is 87.5 cm³/mol. The van der Waals surface area contributed by atoms with Crippen LogP contribution in [0.5, 0.6) is 0 Å². The third kappa shape index (κ3) is 2.84. The van der Waals surface area contributed by atoms with Gasteiger partial charge in [0.1, 0.15) is 5.69 Å². The van der Waals surface area contributed by atoms with E-state index in [-0.39, 0.29) is 0 Å². The lowest BCUT2D eigenvalue weighted by Gasteiger charge is -2.00. The Balaban J connectivity index is 2.01. The second kappa shape index (κ2) is 5.57. The fraction of sp³-hybridized carbons (Fsp3) is 0.0714. The van der Waals surface area contributed by atoms with Gasteiger partial charge in [-0.2, -0.15) is 4.98 Å². The van der Waals surface area contributed by atoms with Crippen LogP contribution in [-0.4, -0.2) is 15.1 Å². The average Bonchev–Trinajstić information content (AvgIpc) is 2.91. The van der Waals surface area contributed by atoms with E-state index >= 15 is 0 Å². The first kappa shape index (κ1) is 14.2. The molecule has 3 rings (SSSR count). The van der Waals surface area contributed by atoms with Crippen molar-refractivity contribution in [2.45, 2.75) is 6.92 Å². The van der Waals surface area contributed by atoms with Crippen molar-refractivity contribution in [3.05, 3.63) is 45.0 Å². The Morgan fingerprint density at radius 2 is 2.00 bits per heavy atom. The van der Waals surface area contributed by atoms with Crippen molar-refractivity contribution in [2.75, 3.05) is 5.73 Å². The quantitative estimate of drug-likeness (QED) is 0.641. The second-order valence-electron chi connectivity index (χ2n) is 4.48. The lowest BCUT2D eigenvalue weighted by Crippen LogP contribution is -1.90. The van der Waals surface area contributed by atoms with Crippen LogP contribution in [-0.2, 0) is 0 Å². The molecule has 0 radical (unpaired) electrons. The zero-order chi connectivity index (χ0) is 15.0. The summed E-state index contributed by atoms with van der Waals surface area (Å²) in [6.45, 7) is 1.93. The molecular formula is C14H10Br2N4O. The molecule has 0 atom stereocenters. The van der Waals surface area contributed by atoms with Gasteiger partial charge in [0.15, 0.2) is 0 Å². The monoisotopic (exact) mass is 408 g/mol. The molecule has 1 aromatic carbocycles. The van der Waals surface area contributed by atoms with E-state index in [1.54, 1.807) is 6.20 Å². The molecule has 106 valence electrons. The van der Waals surface area contributed by atoms with Crippen LogP contribution in [0.15, 0.2) is 43.9 Å². The van der Waals surface area contributed by atoms with Gasteiger partial charge in [-0.15, -0.1) is 0 Å². The zero-order valence-electron chi connectivity index (χ0n) is 11.0. The molecule has 0 saturated carbocycles. The van der Waals surface area contributed by atoms with E-state index in [4.69, 9.17) is 10.3 Å². The predicted octanol–water partition coefficient (Wildman–Crippen LogP) is 4.21. The summed E-state index contributed by atoms with van der Waals surface area (Å²) in [7, 11) is 0. The highest BCUT2D eigenvalue weighted by molar-refractivity contribution is 9.11. The number of aryl methyl sites for hydroxylation is 1. The summed E-state index contributed by atoms with van der Waals surface area (Å²) < 4.78 is 6.97. The Kier molecular flexibility index (Phi) is 3.77. The maximum Gasteiger partial charge on any atom is 0.258 e. The normalized spacial score (nSPS) is 10.8. The number of anilines is 1. The highest BCUT2D eigenvalue weighted by atomic mass is 79.9. The van der Waals surface area contributed by atoms with Crippen molar-refractivity contribution in [1.82, 2.24) is 15.1 Å². The first-order valence-electron chi connectivity index (χ1n) is 6.06. The molecule has 2 heterocycles. The van der Waals surface area contributed by atoms with Crippen molar-refractivity contribution in [3.63, 3.8) is 0 Å². The number of hydrogen-bond acceptors (Lipinski definition) is 5. The van der Waals surface area contributed by atoms with Gasteiger partial charge in [0, 0.05) is 26.4 Å². The third-order valence-electron chi connectivity index (χ3n) is 2.96. The van der Waals surface area contributed by atoms with Crippen LogP contribution in [0.2, 0.25) is 0 Å². The van der Waals surface area contributed by atoms with Gasteiger partial charge in [-0.1, -0.05) is 5.16 Å². The van der Waals surface area contributed by atoms with Crippen LogP contribution < -0.4 is 5.73 Å². The Labute approximate surface area is 137 Å². The molecule has 0 amide bonds. The van der Waals surface area contributed by atoms with Gasteiger partial charge in [0.2, 0.25) is 5.82 Å². The maximum absolute atomic E-state index is 5.81. The molecule has 2 aromatic heterocycles. The van der Waals surface area contributed by atoms with E-state index in [0.29, 0.717) is 17.4 Å². The highest BCUT2D eigenvalue weighted by Crippen LogP contribution is 2.29. The number of nitrogens with two attached hydrogens (primary N) is 1. The Hall–Kier alpha value is -1.73. The molecule has 0 bridgehead atoms. The number of benzene rings is 1. The van der Waals surface area contributed by atoms with Gasteiger partial charge in [0.05, 0.1) is 0 Å². The fourth-order valence-electron chi connectivity index (χ4n) is 1.82. The van der Waals surface area contributed by atoms with Crippen LogP contribution >= 0.6 is 31.9 Å². The summed E-state index contributed by atoms with van der Waals surface area (Å²) >= 11 is 6.80. The molecule has 5 nitrogen and oxygen atoms in total. The lowest BCUT2D eigenvalue weighted by atomic mass is 10.1. The molecule has 0 aliphatic carbocycles. The van der Waals surface area contributed by atoms with Crippen LogP contribution in [0.3, 0.4) is 0 Å². The van der Waals surface area contributed by atoms with Gasteiger partial charge >= 0.3 is 0 Å². The summed E-state index contributed by atoms with van der Waals surface area (Å²) in [4.78, 5) is 8.67. The Morgan fingerprint density at radius 3 is 2.71 bits per heavy atom. The molecule has 0 fully saturated rings. The van der Waals surface area contributed by atoms with Crippen molar-refractivity contribution >= 4 is 37.5 Å². The Bertz CT molecular complexity index is 816. The van der Waals surface area contributed by atoms with Crippen molar-refractivity contribution in [1.29, 1.82) is 0 Å². The van der Waals surface area contributed by atoms with Crippen LogP contribution in [0, 0.1) is 6.92 Å². The largest absolute Gasteiger partial charge is 0.399 e. The van der Waals surface area contributed by atoms with Crippen LogP contribution in [0.25, 0.3) is 23.0 Å². The molecule has 21 heavy (non-hydrogen) atoms. The zero-order valence-corrected chi connectivity index (χ0v) is 14.1. The number of aromatic nitrogens is 3. The summed E-state index contributed by atoms with van der Waals surface area (Å²) in [6.07, 6.45) is 1.68. The van der Waals surface area contributed by atoms with Gasteiger partial charge in [-0.25, -0.2) is 0 Å². The topological polar surface area (TPSA) is 77.8 Å². The smallest absolute Gasteiger partial charge is 0.258 e. The second-order valence-corrected chi connectivity index (χ2v) is 6.25. The first-order valence-corrected chi connectivity index (χ1v) is 7.65. The minimum atomic E-state index is 0.429. The molecule has 0 saturated heterocycles. The van der Waals surface area contributed by atoms with E-state index in [1.807, 2.05) is 31.2 Å². The van der Waals surface area contributed by atoms with E-state index in [9.17, 15) is 0 Å². The maximum atomic E-state index is 5.81. The summed E-state index contributed by atoms with van der Waals surface area (Å²) in [5.74, 6) is 0.864. The molecule has 7 heteroatoms. The molecule has 0 aliphatic heterocycles. The van der Waals surface area contributed by atoms with E-state index in [1.165, 1.54) is 0 Å². The van der Waals surface area contributed by atoms with E-state index in [0.717, 1.165) is 25.8 Å². The lowest BCUT2D eigenvalue weighted by molar-refractivity contribution is 0.432. The minimum absolute atomic E-state index is 0.429. The van der Waals surface area contributed by atoms with Crippen molar-refractivity contribution in [2.24, 2.45) is 0 Å². The number of nitrogens with zero attached hydrogens (tertiary/aromatic N) is 3. The highest BCUT2D eigenvalue weighted by Gasteiger charge is 2.15. The first-order chi connectivity index (χ1) is 10.0. The standard InChI is InChI=1S/C14H10Br2N4O/c1-7-4-8(2-3-11(7)17)14-19-13(20-21-14)12-10(16)5-9(15)6-18-12/h2-6H,17H2,1H3. The summed E-state index contributed by atoms with van der Waals surface area (Å²) in [5, 5.41) is 3.98. The molecule has 0 spiro atoms. The fourth-order valence-corrected chi connectivity index (χ4v) is 2.99. The van der Waals surface area contributed by atoms with Crippen LogP contribution in [0.1, 0.15) is 5.56 Å². The number of rotatable bonds is 2. The number of pyridine rings is 1. The van der Waals surface area contributed by atoms with Crippen molar-refractivity contribution < 1.29 is 4.52 Å². The summed E-state index contributed by atoms with van der Waals surface area (Å²) in [6, 6.07) is 7.47. The molecule has 2 N–H and O–H groups in total. The number of hydrogen-bond donors (Lipinski definition) is 1. The minimum Gasteiger partial charge on any atom is -0.399 e. The van der Waals surface area contributed by atoms with Gasteiger partial charge in [-0.3, -0.25) is 4.98 Å². The van der Waals surface area contributed by atoms with E-state index in [2.05, 4.69) is 47.0 Å². The molecule has 3 aromatic rings.